The van der Waals surface area contributed by atoms with Crippen LogP contribution in [0.4, 0.5) is 0 Å². The molecule has 1 aliphatic rings. The number of nitrogens with zero attached hydrogens (tertiary/aromatic N) is 1. The van der Waals surface area contributed by atoms with Gasteiger partial charge in [0.05, 0.1) is 25.7 Å². The predicted octanol–water partition coefficient (Wildman–Crippen LogP) is 3.32. The smallest absolute Gasteiger partial charge is 0.260 e. The molecule has 0 aliphatic carbocycles. The first-order valence-corrected chi connectivity index (χ1v) is 10.2. The average Bonchev–Trinajstić information content (AvgIpc) is 2.80. The standard InChI is InChI=1S/C24H25NO6/c1-15-12-19-20(13-16(15)2)31-23(17-4-6-18(28-3)7-5-17)24(22(19)27)30-14-21(26)25-8-10-29-11-9-25/h4-7,12-13H,8-11,14H2,1-3H3. The Morgan fingerprint density at radius 3 is 2.42 bits per heavy atom. The summed E-state index contributed by atoms with van der Waals surface area (Å²) < 4.78 is 22.4. The maximum absolute atomic E-state index is 13.3. The van der Waals surface area contributed by atoms with Gasteiger partial charge in [-0.1, -0.05) is 0 Å². The van der Waals surface area contributed by atoms with Crippen molar-refractivity contribution in [3.8, 4) is 22.8 Å². The molecule has 0 atom stereocenters. The fourth-order valence-electron chi connectivity index (χ4n) is 3.53. The van der Waals surface area contributed by atoms with Gasteiger partial charge in [0.2, 0.25) is 11.2 Å². The molecular weight excluding hydrogens is 398 g/mol. The lowest BCUT2D eigenvalue weighted by molar-refractivity contribution is -0.137. The summed E-state index contributed by atoms with van der Waals surface area (Å²) in [6.07, 6.45) is 0. The Labute approximate surface area is 180 Å². The van der Waals surface area contributed by atoms with Crippen LogP contribution in [0.25, 0.3) is 22.3 Å². The second-order valence-corrected chi connectivity index (χ2v) is 7.53. The molecule has 1 aliphatic heterocycles. The molecule has 0 saturated carbocycles. The fourth-order valence-corrected chi connectivity index (χ4v) is 3.53. The van der Waals surface area contributed by atoms with Crippen molar-refractivity contribution in [2.24, 2.45) is 0 Å². The van der Waals surface area contributed by atoms with Crippen LogP contribution in [0.1, 0.15) is 11.1 Å². The second-order valence-electron chi connectivity index (χ2n) is 7.53. The minimum Gasteiger partial charge on any atom is -0.497 e. The third kappa shape index (κ3) is 4.27. The molecule has 4 rings (SSSR count). The van der Waals surface area contributed by atoms with Crippen LogP contribution in [0.2, 0.25) is 0 Å². The van der Waals surface area contributed by atoms with Gasteiger partial charge in [-0.05, 0) is 61.4 Å². The molecule has 0 radical (unpaired) electrons. The van der Waals surface area contributed by atoms with Gasteiger partial charge in [-0.2, -0.15) is 0 Å². The number of rotatable bonds is 5. The Morgan fingerprint density at radius 1 is 1.06 bits per heavy atom. The van der Waals surface area contributed by atoms with Crippen LogP contribution in [0.5, 0.6) is 11.5 Å². The van der Waals surface area contributed by atoms with Gasteiger partial charge in [0.15, 0.2) is 12.4 Å². The third-order valence-corrected chi connectivity index (χ3v) is 5.52. The summed E-state index contributed by atoms with van der Waals surface area (Å²) in [5, 5.41) is 0.425. The van der Waals surface area contributed by atoms with Crippen molar-refractivity contribution >= 4 is 16.9 Å². The van der Waals surface area contributed by atoms with E-state index in [0.29, 0.717) is 48.6 Å². The molecule has 2 heterocycles. The van der Waals surface area contributed by atoms with Crippen LogP contribution >= 0.6 is 0 Å². The van der Waals surface area contributed by atoms with Crippen LogP contribution in [0.15, 0.2) is 45.6 Å². The van der Waals surface area contributed by atoms with Gasteiger partial charge in [0.25, 0.3) is 5.91 Å². The van der Waals surface area contributed by atoms with Crippen molar-refractivity contribution in [1.82, 2.24) is 4.90 Å². The summed E-state index contributed by atoms with van der Waals surface area (Å²) in [4.78, 5) is 27.6. The van der Waals surface area contributed by atoms with Crippen molar-refractivity contribution in [2.45, 2.75) is 13.8 Å². The highest BCUT2D eigenvalue weighted by Crippen LogP contribution is 2.32. The highest BCUT2D eigenvalue weighted by molar-refractivity contribution is 5.84. The number of methoxy groups -OCH3 is 1. The molecule has 3 aromatic rings. The van der Waals surface area contributed by atoms with Gasteiger partial charge >= 0.3 is 0 Å². The maximum atomic E-state index is 13.3. The van der Waals surface area contributed by atoms with Gasteiger partial charge in [-0.25, -0.2) is 0 Å². The molecule has 31 heavy (non-hydrogen) atoms. The van der Waals surface area contributed by atoms with E-state index in [1.165, 1.54) is 0 Å². The number of ether oxygens (including phenoxy) is 3. The number of hydrogen-bond acceptors (Lipinski definition) is 6. The quantitative estimate of drug-likeness (QED) is 0.627. The third-order valence-electron chi connectivity index (χ3n) is 5.52. The first-order chi connectivity index (χ1) is 15.0. The number of hydrogen-bond donors (Lipinski definition) is 0. The number of morpholine rings is 1. The Balaban J connectivity index is 1.76. The van der Waals surface area contributed by atoms with Gasteiger partial charge in [-0.15, -0.1) is 0 Å². The first kappa shape index (κ1) is 20.9. The molecule has 0 N–H and O–H groups in total. The maximum Gasteiger partial charge on any atom is 0.260 e. The largest absolute Gasteiger partial charge is 0.497 e. The molecule has 0 bridgehead atoms. The van der Waals surface area contributed by atoms with Gasteiger partial charge in [0, 0.05) is 18.7 Å². The topological polar surface area (TPSA) is 78.2 Å². The van der Waals surface area contributed by atoms with Gasteiger partial charge in [0.1, 0.15) is 11.3 Å². The predicted molar refractivity (Wildman–Crippen MR) is 117 cm³/mol. The molecule has 0 spiro atoms. The van der Waals surface area contributed by atoms with Crippen LogP contribution in [-0.4, -0.2) is 50.8 Å². The minimum absolute atomic E-state index is 0.0301. The number of amides is 1. The molecule has 1 saturated heterocycles. The van der Waals surface area contributed by atoms with Gasteiger partial charge < -0.3 is 23.5 Å². The van der Waals surface area contributed by atoms with Crippen molar-refractivity contribution in [3.63, 3.8) is 0 Å². The first-order valence-electron chi connectivity index (χ1n) is 10.2. The number of carbonyl (C=O) groups excluding carboxylic acids is 1. The molecule has 1 fully saturated rings. The van der Waals surface area contributed by atoms with E-state index < -0.39 is 0 Å². The molecule has 7 nitrogen and oxygen atoms in total. The Morgan fingerprint density at radius 2 is 1.74 bits per heavy atom. The molecular formula is C24H25NO6. The zero-order valence-electron chi connectivity index (χ0n) is 17.9. The summed E-state index contributed by atoms with van der Waals surface area (Å²) in [6, 6.07) is 10.8. The molecule has 2 aromatic carbocycles. The SMILES string of the molecule is COc1ccc(-c2oc3cc(C)c(C)cc3c(=O)c2OCC(=O)N2CCOCC2)cc1. The van der Waals surface area contributed by atoms with Crippen LogP contribution in [0, 0.1) is 13.8 Å². The van der Waals surface area contributed by atoms with E-state index in [-0.39, 0.29) is 29.5 Å². The van der Waals surface area contributed by atoms with E-state index >= 15 is 0 Å². The van der Waals surface area contributed by atoms with Crippen molar-refractivity contribution in [1.29, 1.82) is 0 Å². The molecule has 0 unspecified atom stereocenters. The summed E-state index contributed by atoms with van der Waals surface area (Å²) in [5.41, 5.74) is 2.84. The van der Waals surface area contributed by atoms with Crippen molar-refractivity contribution in [2.75, 3.05) is 40.0 Å². The van der Waals surface area contributed by atoms with E-state index in [4.69, 9.17) is 18.6 Å². The van der Waals surface area contributed by atoms with Crippen LogP contribution in [-0.2, 0) is 9.53 Å². The number of benzene rings is 2. The van der Waals surface area contributed by atoms with E-state index in [2.05, 4.69) is 0 Å². The Hall–Kier alpha value is -3.32. The van der Waals surface area contributed by atoms with Gasteiger partial charge in [-0.3, -0.25) is 9.59 Å². The Bertz CT molecular complexity index is 1160. The summed E-state index contributed by atoms with van der Waals surface area (Å²) in [5.74, 6) is 0.813. The minimum atomic E-state index is -0.301. The summed E-state index contributed by atoms with van der Waals surface area (Å²) in [6.45, 7) is 5.68. The molecule has 7 heteroatoms. The lowest BCUT2D eigenvalue weighted by Gasteiger charge is -2.26. The van der Waals surface area contributed by atoms with Crippen molar-refractivity contribution in [3.05, 3.63) is 57.7 Å². The van der Waals surface area contributed by atoms with E-state index in [0.717, 1.165) is 11.1 Å². The summed E-state index contributed by atoms with van der Waals surface area (Å²) in [7, 11) is 1.59. The lowest BCUT2D eigenvalue weighted by Crippen LogP contribution is -2.43. The zero-order valence-corrected chi connectivity index (χ0v) is 17.9. The average molecular weight is 423 g/mol. The number of fused-ring (bicyclic) bond motifs is 1. The summed E-state index contributed by atoms with van der Waals surface area (Å²) >= 11 is 0. The zero-order chi connectivity index (χ0) is 22.0. The fraction of sp³-hybridized carbons (Fsp3) is 0.333. The van der Waals surface area contributed by atoms with E-state index in [1.807, 2.05) is 19.9 Å². The molecule has 162 valence electrons. The van der Waals surface area contributed by atoms with E-state index in [1.54, 1.807) is 42.3 Å². The highest BCUT2D eigenvalue weighted by Gasteiger charge is 2.22. The number of carbonyl (C=O) groups is 1. The number of aryl methyl sites for hydroxylation is 2. The normalized spacial score (nSPS) is 14.0. The van der Waals surface area contributed by atoms with Crippen LogP contribution < -0.4 is 14.9 Å². The highest BCUT2D eigenvalue weighted by atomic mass is 16.5. The second kappa shape index (κ2) is 8.81. The monoisotopic (exact) mass is 423 g/mol. The molecule has 1 amide bonds. The van der Waals surface area contributed by atoms with E-state index in [9.17, 15) is 9.59 Å². The van der Waals surface area contributed by atoms with Crippen molar-refractivity contribution < 1.29 is 23.4 Å². The lowest BCUT2D eigenvalue weighted by atomic mass is 10.0. The Kier molecular flexibility index (Phi) is 5.95. The van der Waals surface area contributed by atoms with Crippen LogP contribution in [0.3, 0.4) is 0 Å². The molecule has 1 aromatic heterocycles.